The van der Waals surface area contributed by atoms with Crippen molar-refractivity contribution >= 4 is 32.9 Å². The fraction of sp³-hybridized carbons (Fsp3) is 0.273. The number of pyridine rings is 2. The summed E-state index contributed by atoms with van der Waals surface area (Å²) in [5.41, 5.74) is 4.28. The van der Waals surface area contributed by atoms with Crippen LogP contribution in [-0.2, 0) is 22.8 Å². The minimum absolute atomic E-state index is 0.162. The van der Waals surface area contributed by atoms with Crippen LogP contribution in [-0.4, -0.2) is 48.4 Å². The number of hydrogen-bond acceptors (Lipinski definition) is 6. The van der Waals surface area contributed by atoms with E-state index in [0.29, 0.717) is 35.3 Å². The molecular formula is C22H22ClFN4O2S. The van der Waals surface area contributed by atoms with Crippen molar-refractivity contribution in [2.24, 2.45) is 0 Å². The van der Waals surface area contributed by atoms with Crippen LogP contribution < -0.4 is 5.32 Å². The number of aromatic nitrogens is 2. The molecule has 3 aromatic rings. The van der Waals surface area contributed by atoms with E-state index in [1.54, 1.807) is 18.2 Å². The van der Waals surface area contributed by atoms with E-state index < -0.39 is 15.7 Å². The van der Waals surface area contributed by atoms with Crippen molar-refractivity contribution in [2.45, 2.75) is 13.0 Å². The van der Waals surface area contributed by atoms with E-state index in [0.717, 1.165) is 24.8 Å². The maximum atomic E-state index is 13.2. The molecule has 1 N–H and O–H groups in total. The van der Waals surface area contributed by atoms with E-state index >= 15 is 0 Å². The average Bonchev–Trinajstić information content (AvgIpc) is 2.74. The predicted molar refractivity (Wildman–Crippen MR) is 121 cm³/mol. The number of anilines is 2. The molecule has 162 valence electrons. The number of hydrogen-bond donors (Lipinski definition) is 1. The highest BCUT2D eigenvalue weighted by molar-refractivity contribution is 7.90. The van der Waals surface area contributed by atoms with E-state index in [2.05, 4.69) is 26.3 Å². The SMILES string of the molecule is CS(=O)(=O)CCN1CCc2c(cccc2Nc2ccc(Cl)c(-c3ccc(F)cn3)n2)C1. The normalized spacial score (nSPS) is 14.3. The summed E-state index contributed by atoms with van der Waals surface area (Å²) in [4.78, 5) is 10.8. The van der Waals surface area contributed by atoms with E-state index in [9.17, 15) is 12.8 Å². The second kappa shape index (κ2) is 8.90. The lowest BCUT2D eigenvalue weighted by atomic mass is 9.97. The van der Waals surface area contributed by atoms with Gasteiger partial charge < -0.3 is 5.32 Å². The monoisotopic (exact) mass is 460 g/mol. The van der Waals surface area contributed by atoms with Crippen LogP contribution in [0.1, 0.15) is 11.1 Å². The van der Waals surface area contributed by atoms with Gasteiger partial charge in [-0.15, -0.1) is 0 Å². The van der Waals surface area contributed by atoms with Gasteiger partial charge in [-0.25, -0.2) is 17.8 Å². The average molecular weight is 461 g/mol. The molecule has 4 rings (SSSR count). The Hall–Kier alpha value is -2.55. The second-order valence-corrected chi connectivity index (χ2v) is 10.3. The highest BCUT2D eigenvalue weighted by Gasteiger charge is 2.20. The molecule has 2 aromatic heterocycles. The van der Waals surface area contributed by atoms with Crippen molar-refractivity contribution < 1.29 is 12.8 Å². The van der Waals surface area contributed by atoms with Gasteiger partial charge in [0, 0.05) is 31.6 Å². The highest BCUT2D eigenvalue weighted by atomic mass is 35.5. The van der Waals surface area contributed by atoms with Gasteiger partial charge in [-0.2, -0.15) is 0 Å². The number of rotatable bonds is 6. The van der Waals surface area contributed by atoms with Gasteiger partial charge in [-0.1, -0.05) is 23.7 Å². The summed E-state index contributed by atoms with van der Waals surface area (Å²) in [6.07, 6.45) is 3.21. The Labute approximate surface area is 186 Å². The highest BCUT2D eigenvalue weighted by Crippen LogP contribution is 2.31. The first kappa shape index (κ1) is 21.7. The van der Waals surface area contributed by atoms with Crippen molar-refractivity contribution in [3.8, 4) is 11.4 Å². The first-order valence-corrected chi connectivity index (χ1v) is 12.3. The molecule has 31 heavy (non-hydrogen) atoms. The van der Waals surface area contributed by atoms with Gasteiger partial charge in [0.1, 0.15) is 27.2 Å². The van der Waals surface area contributed by atoms with E-state index in [-0.39, 0.29) is 5.75 Å². The molecule has 0 bridgehead atoms. The fourth-order valence-corrected chi connectivity index (χ4v) is 4.41. The zero-order chi connectivity index (χ0) is 22.0. The van der Waals surface area contributed by atoms with Crippen LogP contribution in [0.25, 0.3) is 11.4 Å². The molecule has 0 aliphatic carbocycles. The van der Waals surface area contributed by atoms with Crippen LogP contribution in [0.4, 0.5) is 15.9 Å². The van der Waals surface area contributed by atoms with Crippen LogP contribution >= 0.6 is 11.6 Å². The summed E-state index contributed by atoms with van der Waals surface area (Å²) < 4.78 is 36.1. The molecular weight excluding hydrogens is 439 g/mol. The molecule has 0 fully saturated rings. The molecule has 0 spiro atoms. The lowest BCUT2D eigenvalue weighted by Crippen LogP contribution is -2.34. The summed E-state index contributed by atoms with van der Waals surface area (Å²) in [6, 6.07) is 12.4. The van der Waals surface area contributed by atoms with Crippen molar-refractivity contribution in [2.75, 3.05) is 30.4 Å². The summed E-state index contributed by atoms with van der Waals surface area (Å²) in [5.74, 6) is 0.351. The molecule has 0 amide bonds. The third-order valence-electron chi connectivity index (χ3n) is 5.20. The predicted octanol–water partition coefficient (Wildman–Crippen LogP) is 4.08. The molecule has 1 aliphatic heterocycles. The summed E-state index contributed by atoms with van der Waals surface area (Å²) >= 11 is 6.29. The fourth-order valence-electron chi connectivity index (χ4n) is 3.62. The summed E-state index contributed by atoms with van der Waals surface area (Å²) in [6.45, 7) is 2.03. The van der Waals surface area contributed by atoms with Crippen LogP contribution in [0.5, 0.6) is 0 Å². The Bertz CT molecular complexity index is 1200. The van der Waals surface area contributed by atoms with Gasteiger partial charge in [0.25, 0.3) is 0 Å². The smallest absolute Gasteiger partial charge is 0.148 e. The van der Waals surface area contributed by atoms with Crippen molar-refractivity contribution in [3.05, 3.63) is 70.6 Å². The first-order valence-electron chi connectivity index (χ1n) is 9.85. The maximum absolute atomic E-state index is 13.2. The van der Waals surface area contributed by atoms with Crippen LogP contribution in [0.3, 0.4) is 0 Å². The lowest BCUT2D eigenvalue weighted by molar-refractivity contribution is 0.269. The molecule has 1 aromatic carbocycles. The second-order valence-electron chi connectivity index (χ2n) is 7.61. The molecule has 3 heterocycles. The molecule has 0 unspecified atom stereocenters. The van der Waals surface area contributed by atoms with Gasteiger partial charge in [0.15, 0.2) is 0 Å². The van der Waals surface area contributed by atoms with Crippen molar-refractivity contribution in [1.29, 1.82) is 0 Å². The molecule has 9 heteroatoms. The number of nitrogens with zero attached hydrogens (tertiary/aromatic N) is 3. The van der Waals surface area contributed by atoms with Crippen LogP contribution in [0.15, 0.2) is 48.7 Å². The molecule has 0 atom stereocenters. The van der Waals surface area contributed by atoms with Gasteiger partial charge in [-0.3, -0.25) is 9.88 Å². The summed E-state index contributed by atoms with van der Waals surface area (Å²) in [7, 11) is -2.98. The Kier molecular flexibility index (Phi) is 6.22. The van der Waals surface area contributed by atoms with E-state index in [1.165, 1.54) is 23.4 Å². The van der Waals surface area contributed by atoms with Gasteiger partial charge >= 0.3 is 0 Å². The largest absolute Gasteiger partial charge is 0.340 e. The van der Waals surface area contributed by atoms with Gasteiger partial charge in [0.2, 0.25) is 0 Å². The molecule has 0 saturated carbocycles. The Morgan fingerprint density at radius 1 is 1.19 bits per heavy atom. The van der Waals surface area contributed by atoms with Crippen LogP contribution in [0, 0.1) is 5.82 Å². The van der Waals surface area contributed by atoms with E-state index in [4.69, 9.17) is 11.6 Å². The Morgan fingerprint density at radius 3 is 2.77 bits per heavy atom. The van der Waals surface area contributed by atoms with Crippen molar-refractivity contribution in [1.82, 2.24) is 14.9 Å². The molecule has 0 saturated heterocycles. The molecule has 6 nitrogen and oxygen atoms in total. The third kappa shape index (κ3) is 5.39. The van der Waals surface area contributed by atoms with Crippen LogP contribution in [0.2, 0.25) is 5.02 Å². The Morgan fingerprint density at radius 2 is 2.03 bits per heavy atom. The number of sulfone groups is 1. The number of fused-ring (bicyclic) bond motifs is 1. The first-order chi connectivity index (χ1) is 14.8. The van der Waals surface area contributed by atoms with Gasteiger partial charge in [-0.05, 0) is 47.9 Å². The zero-order valence-electron chi connectivity index (χ0n) is 17.0. The quantitative estimate of drug-likeness (QED) is 0.597. The maximum Gasteiger partial charge on any atom is 0.148 e. The number of halogens is 2. The Balaban J connectivity index is 1.55. The minimum atomic E-state index is -2.98. The number of nitrogens with one attached hydrogen (secondary N) is 1. The number of benzene rings is 1. The minimum Gasteiger partial charge on any atom is -0.340 e. The topological polar surface area (TPSA) is 75.2 Å². The van der Waals surface area contributed by atoms with Gasteiger partial charge in [0.05, 0.1) is 22.7 Å². The summed E-state index contributed by atoms with van der Waals surface area (Å²) in [5, 5.41) is 3.80. The third-order valence-corrected chi connectivity index (χ3v) is 6.43. The lowest BCUT2D eigenvalue weighted by Gasteiger charge is -2.30. The van der Waals surface area contributed by atoms with Crippen molar-refractivity contribution in [3.63, 3.8) is 0 Å². The standard InChI is InChI=1S/C22H22ClFN4O2S/c1-31(29,30)12-11-28-10-9-17-15(14-28)3-2-4-19(17)26-21-8-6-18(23)22(27-21)20-7-5-16(24)13-25-20/h2-8,13H,9-12,14H2,1H3,(H,26,27). The molecule has 0 radical (unpaired) electrons. The zero-order valence-corrected chi connectivity index (χ0v) is 18.5. The molecule has 1 aliphatic rings. The van der Waals surface area contributed by atoms with E-state index in [1.807, 2.05) is 12.1 Å².